The number of benzene rings is 2. The van der Waals surface area contributed by atoms with Gasteiger partial charge >= 0.3 is 0 Å². The van der Waals surface area contributed by atoms with E-state index >= 15 is 0 Å². The van der Waals surface area contributed by atoms with Gasteiger partial charge in [-0.15, -0.1) is 0 Å². The minimum absolute atomic E-state index is 0.101. The van der Waals surface area contributed by atoms with Gasteiger partial charge in [-0.25, -0.2) is 13.1 Å². The number of aliphatic hydroxyl groups is 1. The van der Waals surface area contributed by atoms with Crippen LogP contribution in [0.3, 0.4) is 0 Å². The lowest BCUT2D eigenvalue weighted by Crippen LogP contribution is -2.33. The second-order valence-corrected chi connectivity index (χ2v) is 7.20. The molecule has 22 heavy (non-hydrogen) atoms. The van der Waals surface area contributed by atoms with Crippen LogP contribution < -0.4 is 4.72 Å². The number of aryl methyl sites for hydroxylation is 1. The third-order valence-corrected chi connectivity index (χ3v) is 5.09. The number of hydrogen-bond acceptors (Lipinski definition) is 3. The van der Waals surface area contributed by atoms with E-state index in [4.69, 9.17) is 0 Å². The summed E-state index contributed by atoms with van der Waals surface area (Å²) in [4.78, 5) is 0.226. The Morgan fingerprint density at radius 3 is 2.18 bits per heavy atom. The summed E-state index contributed by atoms with van der Waals surface area (Å²) >= 11 is 0. The lowest BCUT2D eigenvalue weighted by molar-refractivity contribution is 0.211. The summed E-state index contributed by atoms with van der Waals surface area (Å²) < 4.78 is 27.8. The van der Waals surface area contributed by atoms with Crippen LogP contribution in [0.1, 0.15) is 24.1 Å². The van der Waals surface area contributed by atoms with Crippen molar-refractivity contribution in [2.24, 2.45) is 5.92 Å². The number of hydrogen-bond donors (Lipinski definition) is 2. The quantitative estimate of drug-likeness (QED) is 0.860. The summed E-state index contributed by atoms with van der Waals surface area (Å²) in [5.41, 5.74) is 1.84. The maximum atomic E-state index is 12.6. The van der Waals surface area contributed by atoms with E-state index < -0.39 is 16.1 Å². The second-order valence-electron chi connectivity index (χ2n) is 5.48. The first kappa shape index (κ1) is 16.7. The van der Waals surface area contributed by atoms with Crippen LogP contribution >= 0.6 is 0 Å². The standard InChI is InChI=1S/C17H21NO3S/c1-13-8-10-16(11-9-13)22(20,21)18-17(14(2)12-19)15-6-4-3-5-7-15/h3-11,14,17-19H,12H2,1-2H3/t14-,17-/m0/s1. The Bertz CT molecular complexity index is 696. The molecule has 2 aromatic carbocycles. The Morgan fingerprint density at radius 2 is 1.64 bits per heavy atom. The summed E-state index contributed by atoms with van der Waals surface area (Å²) in [6.45, 7) is 3.62. The SMILES string of the molecule is Cc1ccc(S(=O)(=O)N[C@H](c2ccccc2)[C@@H](C)CO)cc1. The molecule has 5 heteroatoms. The molecule has 0 heterocycles. The first-order valence-electron chi connectivity index (χ1n) is 7.19. The van der Waals surface area contributed by atoms with Crippen LogP contribution in [0.4, 0.5) is 0 Å². The average molecular weight is 319 g/mol. The highest BCUT2D eigenvalue weighted by Gasteiger charge is 2.25. The number of sulfonamides is 1. The van der Waals surface area contributed by atoms with Crippen molar-refractivity contribution in [3.63, 3.8) is 0 Å². The van der Waals surface area contributed by atoms with Crippen molar-refractivity contribution in [2.45, 2.75) is 24.8 Å². The van der Waals surface area contributed by atoms with Gasteiger partial charge in [-0.05, 0) is 30.5 Å². The van der Waals surface area contributed by atoms with E-state index in [2.05, 4.69) is 4.72 Å². The van der Waals surface area contributed by atoms with Crippen LogP contribution in [-0.2, 0) is 10.0 Å². The predicted molar refractivity (Wildman–Crippen MR) is 86.9 cm³/mol. The largest absolute Gasteiger partial charge is 0.396 e. The van der Waals surface area contributed by atoms with Gasteiger partial charge < -0.3 is 5.11 Å². The average Bonchev–Trinajstić information content (AvgIpc) is 2.53. The van der Waals surface area contributed by atoms with Crippen LogP contribution in [0.2, 0.25) is 0 Å². The van der Waals surface area contributed by atoms with E-state index in [1.807, 2.05) is 44.2 Å². The number of nitrogens with one attached hydrogen (secondary N) is 1. The van der Waals surface area contributed by atoms with Crippen molar-refractivity contribution in [2.75, 3.05) is 6.61 Å². The molecule has 0 unspecified atom stereocenters. The van der Waals surface area contributed by atoms with Gasteiger partial charge in [-0.1, -0.05) is 55.0 Å². The molecule has 0 aliphatic rings. The van der Waals surface area contributed by atoms with E-state index in [1.165, 1.54) is 0 Å². The van der Waals surface area contributed by atoms with Crippen LogP contribution in [0.25, 0.3) is 0 Å². The summed E-state index contributed by atoms with van der Waals surface area (Å²) in [7, 11) is -3.64. The van der Waals surface area contributed by atoms with Crippen LogP contribution in [0.5, 0.6) is 0 Å². The Hall–Kier alpha value is -1.69. The Balaban J connectivity index is 2.32. The highest BCUT2D eigenvalue weighted by molar-refractivity contribution is 7.89. The molecule has 0 spiro atoms. The third-order valence-electron chi connectivity index (χ3n) is 3.63. The van der Waals surface area contributed by atoms with Gasteiger partial charge in [0.2, 0.25) is 10.0 Å². The van der Waals surface area contributed by atoms with Crippen molar-refractivity contribution in [1.82, 2.24) is 4.72 Å². The van der Waals surface area contributed by atoms with Crippen molar-refractivity contribution in [3.8, 4) is 0 Å². The Morgan fingerprint density at radius 1 is 1.05 bits per heavy atom. The van der Waals surface area contributed by atoms with Gasteiger partial charge in [0.25, 0.3) is 0 Å². The summed E-state index contributed by atoms with van der Waals surface area (Å²) in [6.07, 6.45) is 0. The van der Waals surface area contributed by atoms with Gasteiger partial charge in [0.05, 0.1) is 10.9 Å². The lowest BCUT2D eigenvalue weighted by Gasteiger charge is -2.24. The maximum Gasteiger partial charge on any atom is 0.241 e. The normalized spacial score (nSPS) is 14.5. The zero-order valence-corrected chi connectivity index (χ0v) is 13.5. The third kappa shape index (κ3) is 3.94. The molecular formula is C17H21NO3S. The molecule has 0 aliphatic heterocycles. The van der Waals surface area contributed by atoms with Crippen LogP contribution in [0, 0.1) is 12.8 Å². The van der Waals surface area contributed by atoms with Crippen molar-refractivity contribution >= 4 is 10.0 Å². The van der Waals surface area contributed by atoms with Gasteiger partial charge in [0, 0.05) is 6.61 Å². The molecule has 0 aliphatic carbocycles. The second kappa shape index (κ2) is 7.05. The molecule has 2 N–H and O–H groups in total. The molecular weight excluding hydrogens is 298 g/mol. The van der Waals surface area contributed by atoms with E-state index in [9.17, 15) is 13.5 Å². The highest BCUT2D eigenvalue weighted by Crippen LogP contribution is 2.24. The molecule has 0 fully saturated rings. The fraction of sp³-hybridized carbons (Fsp3) is 0.294. The van der Waals surface area contributed by atoms with Crippen LogP contribution in [0.15, 0.2) is 59.5 Å². The minimum Gasteiger partial charge on any atom is -0.396 e. The van der Waals surface area contributed by atoms with Gasteiger partial charge in [0.1, 0.15) is 0 Å². The van der Waals surface area contributed by atoms with Crippen molar-refractivity contribution in [1.29, 1.82) is 0 Å². The molecule has 0 amide bonds. The number of aliphatic hydroxyl groups excluding tert-OH is 1. The molecule has 2 atom stereocenters. The minimum atomic E-state index is -3.64. The smallest absolute Gasteiger partial charge is 0.241 e. The fourth-order valence-electron chi connectivity index (χ4n) is 2.23. The van der Waals surface area contributed by atoms with E-state index in [0.29, 0.717) is 0 Å². The molecule has 0 saturated heterocycles. The molecule has 0 bridgehead atoms. The molecule has 4 nitrogen and oxygen atoms in total. The first-order chi connectivity index (χ1) is 10.4. The molecule has 0 aromatic heterocycles. The maximum absolute atomic E-state index is 12.6. The molecule has 2 rings (SSSR count). The summed E-state index contributed by atoms with van der Waals surface area (Å²) in [5.74, 6) is -0.234. The predicted octanol–water partition coefficient (Wildman–Crippen LogP) is 2.64. The van der Waals surface area contributed by atoms with E-state index in [-0.39, 0.29) is 17.4 Å². The summed E-state index contributed by atoms with van der Waals surface area (Å²) in [6, 6.07) is 15.5. The van der Waals surface area contributed by atoms with E-state index in [1.54, 1.807) is 24.3 Å². The molecule has 0 radical (unpaired) electrons. The molecule has 118 valence electrons. The lowest BCUT2D eigenvalue weighted by atomic mass is 9.96. The Kier molecular flexibility index (Phi) is 5.34. The Labute approximate surface area is 131 Å². The van der Waals surface area contributed by atoms with Gasteiger partial charge in [0.15, 0.2) is 0 Å². The van der Waals surface area contributed by atoms with E-state index in [0.717, 1.165) is 11.1 Å². The first-order valence-corrected chi connectivity index (χ1v) is 8.67. The van der Waals surface area contributed by atoms with Gasteiger partial charge in [-0.3, -0.25) is 0 Å². The number of rotatable bonds is 6. The van der Waals surface area contributed by atoms with Crippen molar-refractivity contribution < 1.29 is 13.5 Å². The van der Waals surface area contributed by atoms with Crippen molar-refractivity contribution in [3.05, 3.63) is 65.7 Å². The highest BCUT2D eigenvalue weighted by atomic mass is 32.2. The monoisotopic (exact) mass is 319 g/mol. The van der Waals surface area contributed by atoms with Gasteiger partial charge in [-0.2, -0.15) is 0 Å². The zero-order valence-electron chi connectivity index (χ0n) is 12.7. The summed E-state index contributed by atoms with van der Waals surface area (Å²) in [5, 5.41) is 9.44. The fourth-order valence-corrected chi connectivity index (χ4v) is 3.56. The molecule has 2 aromatic rings. The molecule has 0 saturated carbocycles. The topological polar surface area (TPSA) is 66.4 Å². The van der Waals surface area contributed by atoms with Crippen LogP contribution in [-0.4, -0.2) is 20.1 Å². The zero-order chi connectivity index (χ0) is 16.2.